The molecule has 0 saturated heterocycles. The summed E-state index contributed by atoms with van der Waals surface area (Å²) in [6.45, 7) is 0. The fourth-order valence-corrected chi connectivity index (χ4v) is 6.23. The van der Waals surface area contributed by atoms with Gasteiger partial charge in [0, 0.05) is 44.0 Å². The summed E-state index contributed by atoms with van der Waals surface area (Å²) in [4.78, 5) is 3.69. The van der Waals surface area contributed by atoms with Gasteiger partial charge in [-0.1, -0.05) is 60.7 Å². The predicted octanol–water partition coefficient (Wildman–Crippen LogP) is 8.77. The van der Waals surface area contributed by atoms with Gasteiger partial charge in [0.05, 0.1) is 22.1 Å². The second-order valence-corrected chi connectivity index (χ2v) is 9.72. The quantitative estimate of drug-likeness (QED) is 0.272. The molecule has 0 aliphatic heterocycles. The standard InChI is InChI=1S/C32H25N3/c1-3-11-21(12-4-1)34-29-18-10-8-16-24(29)31-32(34)26-19-28-25(23-15-7-9-17-27(23)33-28)20-30(26)35(31)22-13-5-2-6-14-22/h1-3,5,7-11,13,15-20,33H,4,6,12,14H2. The van der Waals surface area contributed by atoms with Crippen molar-refractivity contribution in [3.8, 4) is 0 Å². The lowest BCUT2D eigenvalue weighted by Gasteiger charge is -2.14. The third-order valence-corrected chi connectivity index (χ3v) is 7.75. The van der Waals surface area contributed by atoms with Gasteiger partial charge in [-0.3, -0.25) is 0 Å². The number of rotatable bonds is 2. The van der Waals surface area contributed by atoms with Gasteiger partial charge in [0.25, 0.3) is 0 Å². The van der Waals surface area contributed by atoms with Gasteiger partial charge in [-0.05, 0) is 62.1 Å². The predicted molar refractivity (Wildman–Crippen MR) is 150 cm³/mol. The van der Waals surface area contributed by atoms with Crippen molar-refractivity contribution in [3.63, 3.8) is 0 Å². The van der Waals surface area contributed by atoms with E-state index < -0.39 is 0 Å². The van der Waals surface area contributed by atoms with E-state index in [4.69, 9.17) is 0 Å². The molecular formula is C32H25N3. The molecule has 0 spiro atoms. The Balaban J connectivity index is 1.62. The maximum absolute atomic E-state index is 3.69. The van der Waals surface area contributed by atoms with Gasteiger partial charge in [0.1, 0.15) is 0 Å². The van der Waals surface area contributed by atoms with Gasteiger partial charge in [0.15, 0.2) is 0 Å². The SMILES string of the molecule is C1=CCCC(n2c3ccccc3c3c2c2cc4[nH]c5ccccc5c4cc2n3C2=CC=CCC2)=C1. The van der Waals surface area contributed by atoms with E-state index in [1.165, 1.54) is 66.0 Å². The van der Waals surface area contributed by atoms with E-state index in [9.17, 15) is 0 Å². The molecule has 3 heterocycles. The number of allylic oxidation sites excluding steroid dienone is 8. The highest BCUT2D eigenvalue weighted by atomic mass is 15.1. The Labute approximate surface area is 202 Å². The van der Waals surface area contributed by atoms with Crippen LogP contribution in [-0.4, -0.2) is 14.1 Å². The van der Waals surface area contributed by atoms with Crippen molar-refractivity contribution < 1.29 is 0 Å². The Morgan fingerprint density at radius 3 is 1.97 bits per heavy atom. The highest BCUT2D eigenvalue weighted by Crippen LogP contribution is 2.44. The van der Waals surface area contributed by atoms with Gasteiger partial charge < -0.3 is 14.1 Å². The zero-order chi connectivity index (χ0) is 22.9. The molecule has 2 aliphatic rings. The Morgan fingerprint density at radius 1 is 0.571 bits per heavy atom. The van der Waals surface area contributed by atoms with E-state index in [0.717, 1.165) is 25.7 Å². The number of H-pyrrole nitrogens is 1. The number of aromatic amines is 1. The largest absolute Gasteiger partial charge is 0.354 e. The summed E-state index contributed by atoms with van der Waals surface area (Å²) < 4.78 is 5.08. The number of aromatic nitrogens is 3. The number of hydrogen-bond donors (Lipinski definition) is 1. The van der Waals surface area contributed by atoms with Crippen molar-refractivity contribution in [1.29, 1.82) is 0 Å². The molecule has 3 heteroatoms. The molecule has 6 aromatic rings. The van der Waals surface area contributed by atoms with Crippen molar-refractivity contribution in [2.75, 3.05) is 0 Å². The lowest BCUT2D eigenvalue weighted by atomic mass is 10.1. The van der Waals surface area contributed by atoms with Crippen LogP contribution in [0.15, 0.2) is 97.1 Å². The van der Waals surface area contributed by atoms with E-state index >= 15 is 0 Å². The van der Waals surface area contributed by atoms with E-state index in [1.807, 2.05) is 0 Å². The maximum atomic E-state index is 3.69. The molecule has 1 N–H and O–H groups in total. The summed E-state index contributed by atoms with van der Waals surface area (Å²) in [5.74, 6) is 0. The minimum Gasteiger partial charge on any atom is -0.354 e. The summed E-state index contributed by atoms with van der Waals surface area (Å²) in [5, 5.41) is 5.20. The van der Waals surface area contributed by atoms with Crippen LogP contribution in [0.4, 0.5) is 0 Å². The molecule has 3 aromatic carbocycles. The monoisotopic (exact) mass is 451 g/mol. The van der Waals surface area contributed by atoms with Crippen molar-refractivity contribution in [2.45, 2.75) is 25.7 Å². The molecular weight excluding hydrogens is 426 g/mol. The second-order valence-electron chi connectivity index (χ2n) is 9.72. The van der Waals surface area contributed by atoms with Crippen molar-refractivity contribution in [3.05, 3.63) is 97.1 Å². The molecule has 3 aromatic heterocycles. The van der Waals surface area contributed by atoms with Crippen LogP contribution in [0.3, 0.4) is 0 Å². The van der Waals surface area contributed by atoms with Crippen LogP contribution < -0.4 is 0 Å². The highest BCUT2D eigenvalue weighted by Gasteiger charge is 2.24. The number of fused-ring (bicyclic) bond motifs is 8. The van der Waals surface area contributed by atoms with Crippen LogP contribution in [0.5, 0.6) is 0 Å². The zero-order valence-electron chi connectivity index (χ0n) is 19.5. The van der Waals surface area contributed by atoms with Crippen LogP contribution in [0, 0.1) is 0 Å². The van der Waals surface area contributed by atoms with E-state index in [1.54, 1.807) is 0 Å². The fraction of sp³-hybridized carbons (Fsp3) is 0.125. The van der Waals surface area contributed by atoms with Gasteiger partial charge in [0.2, 0.25) is 0 Å². The molecule has 0 amide bonds. The van der Waals surface area contributed by atoms with Gasteiger partial charge >= 0.3 is 0 Å². The van der Waals surface area contributed by atoms with Gasteiger partial charge in [-0.25, -0.2) is 0 Å². The summed E-state index contributed by atoms with van der Waals surface area (Å²) in [6.07, 6.45) is 17.8. The van der Waals surface area contributed by atoms with Crippen molar-refractivity contribution >= 4 is 66.0 Å². The molecule has 0 fully saturated rings. The molecule has 35 heavy (non-hydrogen) atoms. The third kappa shape index (κ3) is 2.61. The Morgan fingerprint density at radius 2 is 1.23 bits per heavy atom. The third-order valence-electron chi connectivity index (χ3n) is 7.75. The van der Waals surface area contributed by atoms with Crippen LogP contribution >= 0.6 is 0 Å². The fourth-order valence-electron chi connectivity index (χ4n) is 6.23. The molecule has 2 aliphatic carbocycles. The molecule has 168 valence electrons. The summed E-state index contributed by atoms with van der Waals surface area (Å²) >= 11 is 0. The van der Waals surface area contributed by atoms with Crippen LogP contribution in [0.2, 0.25) is 0 Å². The molecule has 0 atom stereocenters. The summed E-state index contributed by atoms with van der Waals surface area (Å²) in [7, 11) is 0. The first-order chi connectivity index (χ1) is 17.4. The summed E-state index contributed by atoms with van der Waals surface area (Å²) in [5.41, 5.74) is 10.4. The summed E-state index contributed by atoms with van der Waals surface area (Å²) in [6, 6.07) is 22.4. The van der Waals surface area contributed by atoms with Crippen LogP contribution in [0.1, 0.15) is 25.7 Å². The molecule has 3 nitrogen and oxygen atoms in total. The number of hydrogen-bond acceptors (Lipinski definition) is 0. The maximum Gasteiger partial charge on any atom is 0.0802 e. The zero-order valence-corrected chi connectivity index (χ0v) is 19.5. The average Bonchev–Trinajstić information content (AvgIpc) is 3.55. The van der Waals surface area contributed by atoms with Crippen molar-refractivity contribution in [1.82, 2.24) is 14.1 Å². The first kappa shape index (κ1) is 19.1. The average molecular weight is 452 g/mol. The van der Waals surface area contributed by atoms with Gasteiger partial charge in [-0.15, -0.1) is 0 Å². The molecule has 0 bridgehead atoms. The molecule has 0 radical (unpaired) electrons. The first-order valence-corrected chi connectivity index (χ1v) is 12.6. The Kier molecular flexibility index (Phi) is 3.89. The molecule has 0 saturated carbocycles. The van der Waals surface area contributed by atoms with Crippen LogP contribution in [-0.2, 0) is 0 Å². The molecule has 8 rings (SSSR count). The number of para-hydroxylation sites is 2. The minimum atomic E-state index is 1.05. The van der Waals surface area contributed by atoms with Crippen LogP contribution in [0.25, 0.3) is 66.0 Å². The molecule has 0 unspecified atom stereocenters. The lowest BCUT2D eigenvalue weighted by Crippen LogP contribution is -1.98. The smallest absolute Gasteiger partial charge is 0.0802 e. The lowest BCUT2D eigenvalue weighted by molar-refractivity contribution is 0.976. The first-order valence-electron chi connectivity index (χ1n) is 12.6. The highest BCUT2D eigenvalue weighted by molar-refractivity contribution is 6.24. The van der Waals surface area contributed by atoms with E-state index in [0.29, 0.717) is 0 Å². The second kappa shape index (κ2) is 7.13. The van der Waals surface area contributed by atoms with Gasteiger partial charge in [-0.2, -0.15) is 0 Å². The van der Waals surface area contributed by atoms with E-state index in [-0.39, 0.29) is 0 Å². The number of benzene rings is 3. The van der Waals surface area contributed by atoms with Crippen molar-refractivity contribution in [2.24, 2.45) is 0 Å². The Bertz CT molecular complexity index is 1940. The Hall–Kier alpha value is -4.24. The van der Waals surface area contributed by atoms with E-state index in [2.05, 4.69) is 111 Å². The number of nitrogens with one attached hydrogen (secondary N) is 1. The minimum absolute atomic E-state index is 1.05. The number of nitrogens with zero attached hydrogens (tertiary/aromatic N) is 2. The normalized spacial score (nSPS) is 16.2. The topological polar surface area (TPSA) is 25.6 Å².